The van der Waals surface area contributed by atoms with Gasteiger partial charge in [-0.05, 0) is 80.5 Å². The molecule has 10 atom stereocenters. The van der Waals surface area contributed by atoms with Crippen LogP contribution in [-0.2, 0) is 14.3 Å². The first-order valence-electron chi connectivity index (χ1n) is 12.2. The molecule has 31 heavy (non-hydrogen) atoms. The smallest absolute Gasteiger partial charge is 0.323 e. The standard InChI is InChI=1S/C24H36N4O3/c1-3-13(2)19(26)22(30)31-24-9-14-4-15(10-24)8-23(7-14,12-24)20(27)21(29)28-17(11-25)5-16-6-18(16)28/h13-20H,3-10,12,26-27H2,1-2H3/t13?,14-,15?,16?,17-,18?,19?,20+,23+,24-/m0/s1. The molecule has 6 fully saturated rings. The van der Waals surface area contributed by atoms with Gasteiger partial charge in [-0.1, -0.05) is 20.3 Å². The van der Waals surface area contributed by atoms with Gasteiger partial charge in [-0.3, -0.25) is 9.59 Å². The van der Waals surface area contributed by atoms with Crippen LogP contribution < -0.4 is 11.5 Å². The second kappa shape index (κ2) is 7.18. The Morgan fingerprint density at radius 3 is 2.45 bits per heavy atom. The first-order chi connectivity index (χ1) is 14.7. The molecule has 1 amide bonds. The number of piperidine rings is 1. The molecule has 5 saturated carbocycles. The molecule has 6 rings (SSSR count). The van der Waals surface area contributed by atoms with E-state index in [1.54, 1.807) is 4.90 Å². The van der Waals surface area contributed by atoms with Crippen molar-refractivity contribution >= 4 is 11.9 Å². The summed E-state index contributed by atoms with van der Waals surface area (Å²) in [7, 11) is 0. The highest BCUT2D eigenvalue weighted by Gasteiger charge is 2.64. The van der Waals surface area contributed by atoms with Crippen molar-refractivity contribution in [3.8, 4) is 6.07 Å². The normalized spacial score (nSPS) is 44.9. The molecule has 0 radical (unpaired) electrons. The predicted octanol–water partition coefficient (Wildman–Crippen LogP) is 2.08. The molecule has 0 spiro atoms. The van der Waals surface area contributed by atoms with E-state index in [0.717, 1.165) is 51.4 Å². The van der Waals surface area contributed by atoms with Gasteiger partial charge in [-0.25, -0.2) is 0 Å². The van der Waals surface area contributed by atoms with Crippen molar-refractivity contribution in [1.29, 1.82) is 5.26 Å². The minimum Gasteiger partial charge on any atom is -0.458 e. The van der Waals surface area contributed by atoms with Crippen LogP contribution in [0.2, 0.25) is 0 Å². The van der Waals surface area contributed by atoms with E-state index in [9.17, 15) is 14.9 Å². The molecule has 5 unspecified atom stereocenters. The Kier molecular flexibility index (Phi) is 4.91. The van der Waals surface area contributed by atoms with Gasteiger partial charge in [0.25, 0.3) is 0 Å². The Morgan fingerprint density at radius 2 is 1.84 bits per heavy atom. The second-order valence-corrected chi connectivity index (χ2v) is 11.5. The van der Waals surface area contributed by atoms with E-state index in [-0.39, 0.29) is 35.3 Å². The van der Waals surface area contributed by atoms with Gasteiger partial charge in [0.15, 0.2) is 0 Å². The lowest BCUT2D eigenvalue weighted by atomic mass is 9.46. The van der Waals surface area contributed by atoms with E-state index in [1.807, 2.05) is 13.8 Å². The van der Waals surface area contributed by atoms with E-state index in [2.05, 4.69) is 6.07 Å². The number of nitriles is 1. The Bertz CT molecular complexity index is 808. The summed E-state index contributed by atoms with van der Waals surface area (Å²) in [5, 5.41) is 9.54. The Labute approximate surface area is 184 Å². The van der Waals surface area contributed by atoms with Crippen LogP contribution in [0.3, 0.4) is 0 Å². The number of hydrogen-bond donors (Lipinski definition) is 2. The Balaban J connectivity index is 1.37. The number of esters is 1. The maximum atomic E-state index is 13.6. The molecule has 7 heteroatoms. The number of carbonyl (C=O) groups is 2. The van der Waals surface area contributed by atoms with Crippen LogP contribution in [0, 0.1) is 40.4 Å². The van der Waals surface area contributed by atoms with Gasteiger partial charge in [-0.2, -0.15) is 5.26 Å². The summed E-state index contributed by atoms with van der Waals surface area (Å²) in [5.74, 6) is 1.06. The average molecular weight is 429 g/mol. The predicted molar refractivity (Wildman–Crippen MR) is 114 cm³/mol. The molecule has 170 valence electrons. The molecular weight excluding hydrogens is 392 g/mol. The number of hydrogen-bond acceptors (Lipinski definition) is 6. The number of carbonyl (C=O) groups excluding carboxylic acids is 2. The van der Waals surface area contributed by atoms with E-state index in [1.165, 1.54) is 0 Å². The zero-order chi connectivity index (χ0) is 22.1. The van der Waals surface area contributed by atoms with Gasteiger partial charge < -0.3 is 21.1 Å². The van der Waals surface area contributed by atoms with Crippen molar-refractivity contribution in [2.75, 3.05) is 0 Å². The SMILES string of the molecule is CCC(C)C(N)C(=O)O[C@]12CC3C[C@H](C1)C[C@@]([C@H](N)C(=O)N1C4CC4C[C@H]1C#N)(C3)C2. The van der Waals surface area contributed by atoms with Gasteiger partial charge in [0.1, 0.15) is 17.7 Å². The quantitative estimate of drug-likeness (QED) is 0.625. The van der Waals surface area contributed by atoms with Crippen molar-refractivity contribution < 1.29 is 14.3 Å². The third-order valence-corrected chi connectivity index (χ3v) is 9.33. The molecular formula is C24H36N4O3. The molecule has 0 aromatic carbocycles. The van der Waals surface area contributed by atoms with Crippen LogP contribution in [0.4, 0.5) is 0 Å². The highest BCUT2D eigenvalue weighted by atomic mass is 16.6. The van der Waals surface area contributed by atoms with E-state index >= 15 is 0 Å². The number of fused-ring (bicyclic) bond motifs is 1. The van der Waals surface area contributed by atoms with Crippen LogP contribution in [0.1, 0.15) is 71.6 Å². The van der Waals surface area contributed by atoms with Crippen LogP contribution in [0.25, 0.3) is 0 Å². The summed E-state index contributed by atoms with van der Waals surface area (Å²) in [6.07, 6.45) is 7.97. The van der Waals surface area contributed by atoms with Crippen molar-refractivity contribution in [1.82, 2.24) is 4.90 Å². The number of rotatable bonds is 6. The Hall–Kier alpha value is -1.65. The van der Waals surface area contributed by atoms with E-state index in [0.29, 0.717) is 24.2 Å². The zero-order valence-electron chi connectivity index (χ0n) is 18.8. The monoisotopic (exact) mass is 428 g/mol. The third-order valence-electron chi connectivity index (χ3n) is 9.33. The zero-order valence-corrected chi connectivity index (χ0v) is 18.8. The molecule has 1 aliphatic heterocycles. The minimum absolute atomic E-state index is 0.0590. The highest BCUT2D eigenvalue weighted by molar-refractivity contribution is 5.84. The van der Waals surface area contributed by atoms with Crippen LogP contribution in [-0.4, -0.2) is 46.5 Å². The van der Waals surface area contributed by atoms with Crippen molar-refractivity contribution in [2.24, 2.45) is 40.6 Å². The fourth-order valence-electron chi connectivity index (χ4n) is 7.81. The van der Waals surface area contributed by atoms with Crippen molar-refractivity contribution in [3.05, 3.63) is 0 Å². The fraction of sp³-hybridized carbons (Fsp3) is 0.875. The number of likely N-dealkylation sites (tertiary alicyclic amines) is 1. The fourth-order valence-corrected chi connectivity index (χ4v) is 7.81. The number of nitrogens with two attached hydrogens (primary N) is 2. The lowest BCUT2D eigenvalue weighted by molar-refractivity contribution is -0.207. The second-order valence-electron chi connectivity index (χ2n) is 11.5. The largest absolute Gasteiger partial charge is 0.458 e. The molecule has 1 heterocycles. The first kappa shape index (κ1) is 21.2. The molecule has 0 aromatic rings. The lowest BCUT2D eigenvalue weighted by Gasteiger charge is -2.62. The molecule has 5 aliphatic carbocycles. The first-order valence-corrected chi connectivity index (χ1v) is 12.2. The van der Waals surface area contributed by atoms with Crippen LogP contribution >= 0.6 is 0 Å². The average Bonchev–Trinajstić information content (AvgIpc) is 3.39. The third kappa shape index (κ3) is 3.29. The summed E-state index contributed by atoms with van der Waals surface area (Å²) < 4.78 is 6.19. The van der Waals surface area contributed by atoms with Crippen molar-refractivity contribution in [3.63, 3.8) is 0 Å². The molecule has 7 nitrogen and oxygen atoms in total. The Morgan fingerprint density at radius 1 is 1.16 bits per heavy atom. The molecule has 4 N–H and O–H groups in total. The van der Waals surface area contributed by atoms with Crippen molar-refractivity contribution in [2.45, 2.75) is 101 Å². The maximum Gasteiger partial charge on any atom is 0.323 e. The summed E-state index contributed by atoms with van der Waals surface area (Å²) in [5.41, 5.74) is 12.1. The molecule has 4 bridgehead atoms. The van der Waals surface area contributed by atoms with Gasteiger partial charge in [-0.15, -0.1) is 0 Å². The number of nitrogens with zero attached hydrogens (tertiary/aromatic N) is 2. The van der Waals surface area contributed by atoms with Crippen LogP contribution in [0.5, 0.6) is 0 Å². The number of amides is 1. The van der Waals surface area contributed by atoms with Gasteiger partial charge in [0.2, 0.25) is 5.91 Å². The molecule has 1 saturated heterocycles. The highest BCUT2D eigenvalue weighted by Crippen LogP contribution is 2.64. The number of ether oxygens (including phenoxy) is 1. The van der Waals surface area contributed by atoms with Gasteiger partial charge >= 0.3 is 5.97 Å². The van der Waals surface area contributed by atoms with Gasteiger partial charge in [0, 0.05) is 6.04 Å². The summed E-state index contributed by atoms with van der Waals surface area (Å²) in [6.45, 7) is 4.01. The summed E-state index contributed by atoms with van der Waals surface area (Å²) in [4.78, 5) is 28.2. The summed E-state index contributed by atoms with van der Waals surface area (Å²) in [6, 6.07) is 0.939. The lowest BCUT2D eigenvalue weighted by Crippen LogP contribution is -2.66. The molecule has 6 aliphatic rings. The molecule has 0 aromatic heterocycles. The topological polar surface area (TPSA) is 122 Å². The maximum absolute atomic E-state index is 13.6. The van der Waals surface area contributed by atoms with E-state index in [4.69, 9.17) is 16.2 Å². The van der Waals surface area contributed by atoms with Crippen LogP contribution in [0.15, 0.2) is 0 Å². The van der Waals surface area contributed by atoms with E-state index < -0.39 is 17.7 Å². The minimum atomic E-state index is -0.630. The summed E-state index contributed by atoms with van der Waals surface area (Å²) >= 11 is 0. The van der Waals surface area contributed by atoms with Gasteiger partial charge in [0.05, 0.1) is 12.1 Å².